The molecular weight excluding hydrogens is 523 g/mol. The predicted octanol–water partition coefficient (Wildman–Crippen LogP) is 3.76. The Morgan fingerprint density at radius 3 is 2.05 bits per heavy atom. The Labute approximate surface area is 240 Å². The summed E-state index contributed by atoms with van der Waals surface area (Å²) in [6, 6.07) is 18.1. The number of nitrogens with zero attached hydrogens (tertiary/aromatic N) is 1. The van der Waals surface area contributed by atoms with E-state index in [1.54, 1.807) is 17.0 Å². The maximum atomic E-state index is 14.0. The summed E-state index contributed by atoms with van der Waals surface area (Å²) in [5, 5.41) is 14.8. The summed E-state index contributed by atoms with van der Waals surface area (Å²) < 4.78 is 13.7. The quantitative estimate of drug-likeness (QED) is 0.223. The monoisotopic (exact) mass is 562 g/mol. The zero-order chi connectivity index (χ0) is 29.9. The summed E-state index contributed by atoms with van der Waals surface area (Å²) in [6.07, 6.45) is 0.486. The smallest absolute Gasteiger partial charge is 0.254 e. The van der Waals surface area contributed by atoms with Crippen LogP contribution in [0.1, 0.15) is 80.4 Å². The van der Waals surface area contributed by atoms with Crippen molar-refractivity contribution in [2.45, 2.75) is 51.7 Å². The molecule has 3 amide bonds. The Balaban J connectivity index is 2.15. The van der Waals surface area contributed by atoms with Gasteiger partial charge in [-0.15, -0.1) is 0 Å². The lowest BCUT2D eigenvalue weighted by molar-refractivity contribution is 0.0751. The van der Waals surface area contributed by atoms with Gasteiger partial charge in [-0.3, -0.25) is 14.4 Å². The molecule has 3 aromatic carbocycles. The summed E-state index contributed by atoms with van der Waals surface area (Å²) in [5.74, 6) is -3.28. The van der Waals surface area contributed by atoms with Crippen LogP contribution in [0.15, 0.2) is 66.7 Å². The van der Waals surface area contributed by atoms with E-state index in [1.165, 1.54) is 24.3 Å². The summed E-state index contributed by atoms with van der Waals surface area (Å²) in [7, 11) is 0. The minimum atomic E-state index is -1.08. The molecule has 0 fully saturated rings. The zero-order valence-electron chi connectivity index (χ0n) is 23.6. The molecule has 2 atom stereocenters. The minimum Gasteiger partial charge on any atom is -0.391 e. The number of aliphatic hydroxyl groups is 1. The van der Waals surface area contributed by atoms with E-state index in [0.717, 1.165) is 5.56 Å². The molecule has 6 N–H and O–H groups in total. The van der Waals surface area contributed by atoms with Gasteiger partial charge >= 0.3 is 0 Å². The van der Waals surface area contributed by atoms with Crippen molar-refractivity contribution in [2.75, 3.05) is 19.6 Å². The molecule has 0 heterocycles. The Morgan fingerprint density at radius 1 is 0.878 bits per heavy atom. The number of rotatable bonds is 15. The number of amides is 3. The van der Waals surface area contributed by atoms with Crippen molar-refractivity contribution >= 4 is 17.7 Å². The Kier molecular flexibility index (Phi) is 11.6. The van der Waals surface area contributed by atoms with Gasteiger partial charge in [0.05, 0.1) is 6.10 Å². The van der Waals surface area contributed by atoms with Gasteiger partial charge in [0.15, 0.2) is 0 Å². The Morgan fingerprint density at radius 2 is 1.49 bits per heavy atom. The second-order valence-corrected chi connectivity index (χ2v) is 10.1. The maximum Gasteiger partial charge on any atom is 0.254 e. The van der Waals surface area contributed by atoms with Crippen molar-refractivity contribution in [3.05, 3.63) is 106 Å². The van der Waals surface area contributed by atoms with Crippen LogP contribution in [0.3, 0.4) is 0 Å². The third-order valence-corrected chi connectivity index (χ3v) is 6.96. The topological polar surface area (TPSA) is 139 Å². The third-order valence-electron chi connectivity index (χ3n) is 6.96. The minimum absolute atomic E-state index is 0.0314. The molecule has 9 heteroatoms. The first-order valence-electron chi connectivity index (χ1n) is 13.9. The van der Waals surface area contributed by atoms with Gasteiger partial charge in [0, 0.05) is 48.8 Å². The lowest BCUT2D eigenvalue weighted by Gasteiger charge is -2.30. The van der Waals surface area contributed by atoms with Crippen LogP contribution < -0.4 is 16.8 Å². The number of hydrogen-bond donors (Lipinski definition) is 4. The van der Waals surface area contributed by atoms with Gasteiger partial charge in [-0.1, -0.05) is 56.3 Å². The van der Waals surface area contributed by atoms with Crippen LogP contribution in [0.2, 0.25) is 0 Å². The number of hydrogen-bond acceptors (Lipinski definition) is 5. The SMILES string of the molecule is CCCN(CCC)C(=O)c1cc(C(N)=O)cc(C(N)=O)c1[C@H](Cc1ccc(F)cc1)[C@@H](O)CNCc1ccccc1. The zero-order valence-corrected chi connectivity index (χ0v) is 23.6. The highest BCUT2D eigenvalue weighted by Crippen LogP contribution is 2.33. The van der Waals surface area contributed by atoms with E-state index in [-0.39, 0.29) is 41.1 Å². The van der Waals surface area contributed by atoms with Gasteiger partial charge < -0.3 is 26.8 Å². The molecule has 218 valence electrons. The van der Waals surface area contributed by atoms with Crippen molar-refractivity contribution in [2.24, 2.45) is 11.5 Å². The average Bonchev–Trinajstić information content (AvgIpc) is 2.96. The molecule has 0 saturated heterocycles. The molecule has 3 aromatic rings. The van der Waals surface area contributed by atoms with E-state index in [0.29, 0.717) is 38.0 Å². The normalized spacial score (nSPS) is 12.5. The number of carbonyl (C=O) groups is 3. The van der Waals surface area contributed by atoms with E-state index < -0.39 is 29.7 Å². The predicted molar refractivity (Wildman–Crippen MR) is 157 cm³/mol. The van der Waals surface area contributed by atoms with Gasteiger partial charge in [-0.05, 0) is 60.2 Å². The van der Waals surface area contributed by atoms with Crippen LogP contribution >= 0.6 is 0 Å². The summed E-state index contributed by atoms with van der Waals surface area (Å²) in [6.45, 7) is 5.43. The molecule has 0 aliphatic carbocycles. The van der Waals surface area contributed by atoms with Crippen LogP contribution in [-0.4, -0.2) is 53.5 Å². The van der Waals surface area contributed by atoms with Gasteiger partial charge in [-0.2, -0.15) is 0 Å². The molecule has 0 bridgehead atoms. The number of aliphatic hydroxyl groups excluding tert-OH is 1. The van der Waals surface area contributed by atoms with E-state index in [9.17, 15) is 23.9 Å². The molecule has 0 unspecified atom stereocenters. The molecule has 0 aromatic heterocycles. The molecule has 3 rings (SSSR count). The largest absolute Gasteiger partial charge is 0.391 e. The number of halogens is 1. The number of nitrogens with one attached hydrogen (secondary N) is 1. The highest BCUT2D eigenvalue weighted by molar-refractivity contribution is 6.06. The highest BCUT2D eigenvalue weighted by Gasteiger charge is 2.32. The third kappa shape index (κ3) is 8.45. The Hall–Kier alpha value is -4.08. The fourth-order valence-electron chi connectivity index (χ4n) is 5.01. The van der Waals surface area contributed by atoms with Gasteiger partial charge in [-0.25, -0.2) is 4.39 Å². The molecular formula is C32H39FN4O4. The number of primary amides is 2. The van der Waals surface area contributed by atoms with E-state index in [2.05, 4.69) is 5.32 Å². The molecule has 41 heavy (non-hydrogen) atoms. The number of nitrogens with two attached hydrogens (primary N) is 2. The molecule has 0 spiro atoms. The molecule has 8 nitrogen and oxygen atoms in total. The van der Waals surface area contributed by atoms with Gasteiger partial charge in [0.2, 0.25) is 11.8 Å². The summed E-state index contributed by atoms with van der Waals surface area (Å²) in [5.41, 5.74) is 13.3. The Bertz CT molecular complexity index is 1330. The highest BCUT2D eigenvalue weighted by atomic mass is 19.1. The lowest BCUT2D eigenvalue weighted by Crippen LogP contribution is -2.38. The van der Waals surface area contributed by atoms with Crippen LogP contribution in [0.4, 0.5) is 4.39 Å². The summed E-state index contributed by atoms with van der Waals surface area (Å²) >= 11 is 0. The fourth-order valence-corrected chi connectivity index (χ4v) is 5.01. The van der Waals surface area contributed by atoms with Crippen molar-refractivity contribution in [1.82, 2.24) is 10.2 Å². The lowest BCUT2D eigenvalue weighted by atomic mass is 9.80. The first kappa shape index (κ1) is 31.4. The average molecular weight is 563 g/mol. The second-order valence-electron chi connectivity index (χ2n) is 10.1. The van der Waals surface area contributed by atoms with Crippen LogP contribution in [0.25, 0.3) is 0 Å². The van der Waals surface area contributed by atoms with Gasteiger partial charge in [0.25, 0.3) is 5.91 Å². The maximum absolute atomic E-state index is 14.0. The van der Waals surface area contributed by atoms with Crippen molar-refractivity contribution < 1.29 is 23.9 Å². The molecule has 0 aliphatic rings. The van der Waals surface area contributed by atoms with Crippen LogP contribution in [0.5, 0.6) is 0 Å². The first-order chi connectivity index (χ1) is 19.7. The second kappa shape index (κ2) is 15.1. The van der Waals surface area contributed by atoms with Gasteiger partial charge in [0.1, 0.15) is 5.82 Å². The van der Waals surface area contributed by atoms with E-state index in [4.69, 9.17) is 11.5 Å². The number of carbonyl (C=O) groups excluding carboxylic acids is 3. The van der Waals surface area contributed by atoms with Crippen molar-refractivity contribution in [1.29, 1.82) is 0 Å². The van der Waals surface area contributed by atoms with Crippen molar-refractivity contribution in [3.63, 3.8) is 0 Å². The standard InChI is InChI=1S/C32H39FN4O4/c1-3-14-37(15-4-2)32(41)27-18-23(30(34)39)17-26(31(35)40)29(27)25(16-21-10-12-24(33)13-11-21)28(38)20-36-19-22-8-6-5-7-9-22/h5-13,17-18,25,28,36,38H,3-4,14-16,19-20H2,1-2H3,(H2,34,39)(H2,35,40)/t25-,28+/m1/s1. The summed E-state index contributed by atoms with van der Waals surface area (Å²) in [4.78, 5) is 40.7. The fraction of sp³-hybridized carbons (Fsp3) is 0.344. The van der Waals surface area contributed by atoms with Crippen LogP contribution in [0, 0.1) is 5.82 Å². The molecule has 0 radical (unpaired) electrons. The first-order valence-corrected chi connectivity index (χ1v) is 13.9. The number of benzene rings is 3. The van der Waals surface area contributed by atoms with E-state index in [1.807, 2.05) is 44.2 Å². The van der Waals surface area contributed by atoms with E-state index >= 15 is 0 Å². The van der Waals surface area contributed by atoms with Crippen LogP contribution in [-0.2, 0) is 13.0 Å². The molecule has 0 aliphatic heterocycles. The van der Waals surface area contributed by atoms with Crippen molar-refractivity contribution in [3.8, 4) is 0 Å². The molecule has 0 saturated carbocycles.